The van der Waals surface area contributed by atoms with Gasteiger partial charge in [-0.2, -0.15) is 5.26 Å². The molecule has 0 atom stereocenters. The first-order valence-electron chi connectivity index (χ1n) is 5.92. The lowest BCUT2D eigenvalue weighted by atomic mass is 10.00. The Bertz CT molecular complexity index is 658. The lowest BCUT2D eigenvalue weighted by molar-refractivity contribution is 0.103. The molecule has 0 saturated heterocycles. The van der Waals surface area contributed by atoms with Gasteiger partial charge in [-0.15, -0.1) is 0 Å². The topological polar surface area (TPSA) is 40.9 Å². The lowest BCUT2D eigenvalue weighted by Gasteiger charge is -2.04. The van der Waals surface area contributed by atoms with E-state index in [9.17, 15) is 4.79 Å². The van der Waals surface area contributed by atoms with Crippen LogP contribution >= 0.6 is 0 Å². The predicted molar refractivity (Wildman–Crippen MR) is 75.7 cm³/mol. The molecule has 0 unspecified atom stereocenters. The van der Waals surface area contributed by atoms with E-state index in [2.05, 4.69) is 12.6 Å². The molecule has 0 fully saturated rings. The normalized spacial score (nSPS) is 9.68. The molecule has 2 aromatic rings. The van der Waals surface area contributed by atoms with Crippen molar-refractivity contribution in [2.24, 2.45) is 0 Å². The van der Waals surface area contributed by atoms with Crippen LogP contribution in [0, 0.1) is 11.3 Å². The highest BCUT2D eigenvalue weighted by molar-refractivity contribution is 6.08. The highest BCUT2D eigenvalue weighted by Gasteiger charge is 2.06. The van der Waals surface area contributed by atoms with Gasteiger partial charge in [0.05, 0.1) is 11.6 Å². The molecule has 2 nitrogen and oxygen atoms in total. The Labute approximate surface area is 112 Å². The van der Waals surface area contributed by atoms with Crippen LogP contribution in [0.4, 0.5) is 0 Å². The van der Waals surface area contributed by atoms with E-state index in [0.29, 0.717) is 16.7 Å². The number of Topliss-reactive ketones (excluding diaryl/α,β-unsaturated/α-hetero) is 1. The van der Waals surface area contributed by atoms with E-state index in [1.807, 2.05) is 24.3 Å². The Morgan fingerprint density at radius 3 is 1.89 bits per heavy atom. The molecule has 0 heterocycles. The first-order chi connectivity index (χ1) is 9.11. The highest BCUT2D eigenvalue weighted by atomic mass is 16.1. The van der Waals surface area contributed by atoms with Crippen LogP contribution in [-0.2, 0) is 0 Å². The third kappa shape index (κ3) is 2.78. The third-order valence-electron chi connectivity index (χ3n) is 2.88. The number of rotatable bonds is 3. The molecule has 0 aliphatic rings. The minimum Gasteiger partial charge on any atom is -0.289 e. The zero-order chi connectivity index (χ0) is 13.8. The molecular weight excluding hydrogens is 234 g/mol. The standard InChI is InChI=1S/C17H13NO/c1-12(2)17(19)16-9-7-15(8-10-16)14-5-3-13(11-18)4-6-14/h3-10H,1H2,2H3. The molecule has 2 heteroatoms. The third-order valence-corrected chi connectivity index (χ3v) is 2.88. The predicted octanol–water partition coefficient (Wildman–Crippen LogP) is 3.98. The van der Waals surface area contributed by atoms with E-state index in [1.165, 1.54) is 0 Å². The van der Waals surface area contributed by atoms with Crippen LogP contribution in [0.15, 0.2) is 60.7 Å². The smallest absolute Gasteiger partial charge is 0.188 e. The van der Waals surface area contributed by atoms with Crippen LogP contribution in [0.25, 0.3) is 11.1 Å². The number of carbonyl (C=O) groups excluding carboxylic acids is 1. The summed E-state index contributed by atoms with van der Waals surface area (Å²) in [6, 6.07) is 16.8. The fraction of sp³-hybridized carbons (Fsp3) is 0.0588. The van der Waals surface area contributed by atoms with Crippen LogP contribution in [-0.4, -0.2) is 5.78 Å². The van der Waals surface area contributed by atoms with Gasteiger partial charge in [0.1, 0.15) is 0 Å². The summed E-state index contributed by atoms with van der Waals surface area (Å²) in [5.41, 5.74) is 3.85. The summed E-state index contributed by atoms with van der Waals surface area (Å²) in [6.07, 6.45) is 0. The van der Waals surface area contributed by atoms with Crippen LogP contribution in [0.3, 0.4) is 0 Å². The Balaban J connectivity index is 2.29. The average molecular weight is 247 g/mol. The number of benzene rings is 2. The Morgan fingerprint density at radius 1 is 1.00 bits per heavy atom. The molecule has 0 aromatic heterocycles. The van der Waals surface area contributed by atoms with E-state index >= 15 is 0 Å². The summed E-state index contributed by atoms with van der Waals surface area (Å²) in [7, 11) is 0. The number of nitriles is 1. The maximum Gasteiger partial charge on any atom is 0.188 e. The van der Waals surface area contributed by atoms with Crippen molar-refractivity contribution >= 4 is 5.78 Å². The monoisotopic (exact) mass is 247 g/mol. The Morgan fingerprint density at radius 2 is 1.47 bits per heavy atom. The quantitative estimate of drug-likeness (QED) is 0.608. The fourth-order valence-corrected chi connectivity index (χ4v) is 1.80. The molecule has 0 spiro atoms. The number of hydrogen-bond donors (Lipinski definition) is 0. The molecule has 92 valence electrons. The summed E-state index contributed by atoms with van der Waals surface area (Å²) < 4.78 is 0. The number of carbonyl (C=O) groups is 1. The molecule has 2 rings (SSSR count). The zero-order valence-corrected chi connectivity index (χ0v) is 10.7. The van der Waals surface area contributed by atoms with Gasteiger partial charge in [0.2, 0.25) is 0 Å². The molecule has 19 heavy (non-hydrogen) atoms. The van der Waals surface area contributed by atoms with Crippen LogP contribution in [0.1, 0.15) is 22.8 Å². The van der Waals surface area contributed by atoms with Crippen molar-refractivity contribution in [2.45, 2.75) is 6.92 Å². The second kappa shape index (κ2) is 5.32. The lowest BCUT2D eigenvalue weighted by Crippen LogP contribution is -1.98. The van der Waals surface area contributed by atoms with E-state index < -0.39 is 0 Å². The SMILES string of the molecule is C=C(C)C(=O)c1ccc(-c2ccc(C#N)cc2)cc1. The van der Waals surface area contributed by atoms with E-state index in [4.69, 9.17) is 5.26 Å². The van der Waals surface area contributed by atoms with Crippen molar-refractivity contribution in [3.05, 3.63) is 71.8 Å². The molecule has 0 N–H and O–H groups in total. The average Bonchev–Trinajstić information content (AvgIpc) is 2.46. The molecule has 0 saturated carbocycles. The van der Waals surface area contributed by atoms with Crippen LogP contribution in [0.5, 0.6) is 0 Å². The van der Waals surface area contributed by atoms with Gasteiger partial charge >= 0.3 is 0 Å². The molecule has 0 aliphatic heterocycles. The van der Waals surface area contributed by atoms with Gasteiger partial charge in [0, 0.05) is 5.56 Å². The number of nitrogens with zero attached hydrogens (tertiary/aromatic N) is 1. The van der Waals surface area contributed by atoms with Crippen LogP contribution < -0.4 is 0 Å². The van der Waals surface area contributed by atoms with Gasteiger partial charge in [0.25, 0.3) is 0 Å². The first kappa shape index (κ1) is 12.8. The van der Waals surface area contributed by atoms with Crippen molar-refractivity contribution in [1.29, 1.82) is 5.26 Å². The van der Waals surface area contributed by atoms with Crippen molar-refractivity contribution < 1.29 is 4.79 Å². The first-order valence-corrected chi connectivity index (χ1v) is 5.92. The number of hydrogen-bond acceptors (Lipinski definition) is 2. The summed E-state index contributed by atoms with van der Waals surface area (Å²) >= 11 is 0. The van der Waals surface area contributed by atoms with Crippen molar-refractivity contribution in [1.82, 2.24) is 0 Å². The molecular formula is C17H13NO. The van der Waals surface area contributed by atoms with E-state index in [0.717, 1.165) is 11.1 Å². The maximum absolute atomic E-state index is 11.7. The second-order valence-electron chi connectivity index (χ2n) is 4.38. The molecule has 0 amide bonds. The zero-order valence-electron chi connectivity index (χ0n) is 10.7. The molecule has 2 aromatic carbocycles. The fourth-order valence-electron chi connectivity index (χ4n) is 1.80. The Kier molecular flexibility index (Phi) is 3.58. The van der Waals surface area contributed by atoms with Gasteiger partial charge < -0.3 is 0 Å². The summed E-state index contributed by atoms with van der Waals surface area (Å²) in [4.78, 5) is 11.7. The van der Waals surface area contributed by atoms with Crippen molar-refractivity contribution in [2.75, 3.05) is 0 Å². The van der Waals surface area contributed by atoms with Gasteiger partial charge in [-0.05, 0) is 35.8 Å². The van der Waals surface area contributed by atoms with Gasteiger partial charge in [-0.25, -0.2) is 0 Å². The summed E-state index contributed by atoms with van der Waals surface area (Å²) in [6.45, 7) is 5.36. The summed E-state index contributed by atoms with van der Waals surface area (Å²) in [5, 5.41) is 8.75. The summed E-state index contributed by atoms with van der Waals surface area (Å²) in [5.74, 6) is -0.0358. The van der Waals surface area contributed by atoms with Crippen LogP contribution in [0.2, 0.25) is 0 Å². The van der Waals surface area contributed by atoms with Crippen molar-refractivity contribution in [3.63, 3.8) is 0 Å². The highest BCUT2D eigenvalue weighted by Crippen LogP contribution is 2.21. The number of allylic oxidation sites excluding steroid dienone is 1. The molecule has 0 bridgehead atoms. The molecule has 0 radical (unpaired) electrons. The number of ketones is 1. The van der Waals surface area contributed by atoms with Gasteiger partial charge in [-0.1, -0.05) is 43.0 Å². The minimum absolute atomic E-state index is 0.0358. The Hall–Kier alpha value is -2.66. The van der Waals surface area contributed by atoms with E-state index in [-0.39, 0.29) is 5.78 Å². The maximum atomic E-state index is 11.7. The largest absolute Gasteiger partial charge is 0.289 e. The minimum atomic E-state index is -0.0358. The van der Waals surface area contributed by atoms with Crippen molar-refractivity contribution in [3.8, 4) is 17.2 Å². The van der Waals surface area contributed by atoms with Gasteiger partial charge in [0.15, 0.2) is 5.78 Å². The second-order valence-corrected chi connectivity index (χ2v) is 4.38. The van der Waals surface area contributed by atoms with E-state index in [1.54, 1.807) is 31.2 Å². The van der Waals surface area contributed by atoms with Gasteiger partial charge in [-0.3, -0.25) is 4.79 Å². The molecule has 0 aliphatic carbocycles.